The molecule has 1 N–H and O–H groups in total. The van der Waals surface area contributed by atoms with Crippen LogP contribution in [0.25, 0.3) is 0 Å². The van der Waals surface area contributed by atoms with Crippen molar-refractivity contribution in [2.24, 2.45) is 0 Å². The normalized spacial score (nSPS) is 22.8. The molecule has 1 unspecified atom stereocenters. The van der Waals surface area contributed by atoms with Crippen LogP contribution in [0.2, 0.25) is 0 Å². The Balaban J connectivity index is 1.38. The largest absolute Gasteiger partial charge is 0.491 e. The standard InChI is InChI=1S/C19H30N2O3/c1-20-18(15-21-10-4-11-21)16-6-8-17(9-7-16)22-13-14-24-19-5-2-3-12-23-19/h6-9,18-20H,2-5,10-15H2,1H3/t18-,19?/m1/s1. The zero-order valence-corrected chi connectivity index (χ0v) is 14.7. The summed E-state index contributed by atoms with van der Waals surface area (Å²) < 4.78 is 17.0. The fourth-order valence-corrected chi connectivity index (χ4v) is 3.16. The molecule has 0 aromatic heterocycles. The molecule has 3 rings (SSSR count). The highest BCUT2D eigenvalue weighted by Gasteiger charge is 2.19. The zero-order chi connectivity index (χ0) is 16.6. The van der Waals surface area contributed by atoms with Gasteiger partial charge in [0.15, 0.2) is 6.29 Å². The molecule has 5 nitrogen and oxygen atoms in total. The molecular weight excluding hydrogens is 304 g/mol. The molecule has 2 atom stereocenters. The first-order valence-corrected chi connectivity index (χ1v) is 9.21. The monoisotopic (exact) mass is 334 g/mol. The van der Waals surface area contributed by atoms with E-state index in [0.29, 0.717) is 19.3 Å². The van der Waals surface area contributed by atoms with Crippen LogP contribution in [0.1, 0.15) is 37.3 Å². The van der Waals surface area contributed by atoms with E-state index in [1.165, 1.54) is 31.5 Å². The summed E-state index contributed by atoms with van der Waals surface area (Å²) in [5.74, 6) is 0.894. The molecule has 0 saturated carbocycles. The van der Waals surface area contributed by atoms with E-state index in [2.05, 4.69) is 22.3 Å². The van der Waals surface area contributed by atoms with E-state index in [-0.39, 0.29) is 6.29 Å². The molecular formula is C19H30N2O3. The van der Waals surface area contributed by atoms with E-state index >= 15 is 0 Å². The van der Waals surface area contributed by atoms with Gasteiger partial charge in [-0.05, 0) is 63.5 Å². The van der Waals surface area contributed by atoms with Gasteiger partial charge < -0.3 is 24.4 Å². The minimum absolute atomic E-state index is 0.0392. The van der Waals surface area contributed by atoms with Crippen molar-refractivity contribution >= 4 is 0 Å². The molecule has 1 aromatic rings. The van der Waals surface area contributed by atoms with Crippen LogP contribution in [0.5, 0.6) is 5.75 Å². The van der Waals surface area contributed by atoms with Crippen LogP contribution in [-0.4, -0.2) is 57.7 Å². The summed E-state index contributed by atoms with van der Waals surface area (Å²) in [6, 6.07) is 8.79. The molecule has 0 radical (unpaired) electrons. The third-order valence-electron chi connectivity index (χ3n) is 4.81. The van der Waals surface area contributed by atoms with Crippen molar-refractivity contribution in [1.82, 2.24) is 10.2 Å². The lowest BCUT2D eigenvalue weighted by Gasteiger charge is -2.34. The summed E-state index contributed by atoms with van der Waals surface area (Å²) in [6.45, 7) is 5.47. The van der Waals surface area contributed by atoms with Crippen molar-refractivity contribution in [3.8, 4) is 5.75 Å². The Hall–Kier alpha value is -1.14. The summed E-state index contributed by atoms with van der Waals surface area (Å²) in [5.41, 5.74) is 1.31. The van der Waals surface area contributed by atoms with Crippen molar-refractivity contribution in [2.45, 2.75) is 38.0 Å². The highest BCUT2D eigenvalue weighted by molar-refractivity contribution is 5.29. The lowest BCUT2D eigenvalue weighted by molar-refractivity contribution is -0.165. The lowest BCUT2D eigenvalue weighted by atomic mass is 10.0. The fraction of sp³-hybridized carbons (Fsp3) is 0.684. The van der Waals surface area contributed by atoms with Gasteiger partial charge in [-0.25, -0.2) is 0 Å². The Morgan fingerprint density at radius 3 is 2.62 bits per heavy atom. The molecule has 24 heavy (non-hydrogen) atoms. The molecule has 2 aliphatic rings. The maximum absolute atomic E-state index is 5.77. The van der Waals surface area contributed by atoms with Gasteiger partial charge in [0.1, 0.15) is 12.4 Å². The maximum atomic E-state index is 5.77. The van der Waals surface area contributed by atoms with E-state index in [1.807, 2.05) is 19.2 Å². The minimum atomic E-state index is -0.0392. The average Bonchev–Trinajstić information content (AvgIpc) is 2.60. The minimum Gasteiger partial charge on any atom is -0.491 e. The van der Waals surface area contributed by atoms with Crippen molar-refractivity contribution < 1.29 is 14.2 Å². The fourth-order valence-electron chi connectivity index (χ4n) is 3.16. The van der Waals surface area contributed by atoms with Crippen molar-refractivity contribution in [3.63, 3.8) is 0 Å². The Kier molecular flexibility index (Phi) is 6.90. The second kappa shape index (κ2) is 9.37. The smallest absolute Gasteiger partial charge is 0.157 e. The number of likely N-dealkylation sites (tertiary alicyclic amines) is 1. The van der Waals surface area contributed by atoms with E-state index < -0.39 is 0 Å². The van der Waals surface area contributed by atoms with Gasteiger partial charge in [0.25, 0.3) is 0 Å². The summed E-state index contributed by atoms with van der Waals surface area (Å²) in [5, 5.41) is 3.41. The highest BCUT2D eigenvalue weighted by atomic mass is 16.7. The first-order chi connectivity index (χ1) is 11.8. The van der Waals surface area contributed by atoms with Gasteiger partial charge >= 0.3 is 0 Å². The van der Waals surface area contributed by atoms with Gasteiger partial charge in [-0.1, -0.05) is 12.1 Å². The molecule has 1 aromatic carbocycles. The zero-order valence-electron chi connectivity index (χ0n) is 14.7. The predicted molar refractivity (Wildman–Crippen MR) is 94.3 cm³/mol. The third kappa shape index (κ3) is 5.18. The number of nitrogens with one attached hydrogen (secondary N) is 1. The van der Waals surface area contributed by atoms with Crippen LogP contribution in [0.4, 0.5) is 0 Å². The van der Waals surface area contributed by atoms with Crippen LogP contribution < -0.4 is 10.1 Å². The molecule has 134 valence electrons. The number of hydrogen-bond acceptors (Lipinski definition) is 5. The first kappa shape index (κ1) is 17.7. The number of likely N-dealkylation sites (N-methyl/N-ethyl adjacent to an activating group) is 1. The number of nitrogens with zero attached hydrogens (tertiary/aromatic N) is 1. The maximum Gasteiger partial charge on any atom is 0.157 e. The van der Waals surface area contributed by atoms with Crippen LogP contribution >= 0.6 is 0 Å². The molecule has 0 amide bonds. The first-order valence-electron chi connectivity index (χ1n) is 9.21. The number of hydrogen-bond donors (Lipinski definition) is 1. The van der Waals surface area contributed by atoms with E-state index in [1.54, 1.807) is 0 Å². The van der Waals surface area contributed by atoms with Crippen molar-refractivity contribution in [3.05, 3.63) is 29.8 Å². The van der Waals surface area contributed by atoms with E-state index in [9.17, 15) is 0 Å². The topological polar surface area (TPSA) is 43.0 Å². The lowest BCUT2D eigenvalue weighted by Crippen LogP contribution is -2.42. The Bertz CT molecular complexity index is 470. The van der Waals surface area contributed by atoms with Crippen LogP contribution in [-0.2, 0) is 9.47 Å². The third-order valence-corrected chi connectivity index (χ3v) is 4.81. The molecule has 0 aliphatic carbocycles. The Labute approximate surface area is 145 Å². The van der Waals surface area contributed by atoms with Gasteiger partial charge in [0.05, 0.1) is 6.61 Å². The van der Waals surface area contributed by atoms with E-state index in [0.717, 1.165) is 31.7 Å². The molecule has 2 aliphatic heterocycles. The SMILES string of the molecule is CN[C@H](CN1CCC1)c1ccc(OCCOC2CCCCO2)cc1. The quantitative estimate of drug-likeness (QED) is 0.703. The van der Waals surface area contributed by atoms with Gasteiger partial charge in [-0.3, -0.25) is 0 Å². The average molecular weight is 334 g/mol. The number of rotatable bonds is 9. The molecule has 5 heteroatoms. The second-order valence-corrected chi connectivity index (χ2v) is 6.58. The summed E-state index contributed by atoms with van der Waals surface area (Å²) >= 11 is 0. The molecule has 0 bridgehead atoms. The van der Waals surface area contributed by atoms with Crippen LogP contribution in [0.15, 0.2) is 24.3 Å². The van der Waals surface area contributed by atoms with Gasteiger partial charge in [-0.15, -0.1) is 0 Å². The Morgan fingerprint density at radius 1 is 1.17 bits per heavy atom. The van der Waals surface area contributed by atoms with Crippen LogP contribution in [0, 0.1) is 0 Å². The number of benzene rings is 1. The van der Waals surface area contributed by atoms with Gasteiger partial charge in [0.2, 0.25) is 0 Å². The summed E-state index contributed by atoms with van der Waals surface area (Å²) in [6.07, 6.45) is 4.63. The molecule has 0 spiro atoms. The van der Waals surface area contributed by atoms with Gasteiger partial charge in [0, 0.05) is 19.2 Å². The molecule has 2 heterocycles. The van der Waals surface area contributed by atoms with Gasteiger partial charge in [-0.2, -0.15) is 0 Å². The van der Waals surface area contributed by atoms with Crippen molar-refractivity contribution in [2.75, 3.05) is 46.5 Å². The predicted octanol–water partition coefficient (Wildman–Crippen LogP) is 2.57. The molecule has 2 saturated heterocycles. The molecule has 2 fully saturated rings. The highest BCUT2D eigenvalue weighted by Crippen LogP contribution is 2.20. The second-order valence-electron chi connectivity index (χ2n) is 6.58. The Morgan fingerprint density at radius 2 is 2.00 bits per heavy atom. The summed E-state index contributed by atoms with van der Waals surface area (Å²) in [4.78, 5) is 2.48. The summed E-state index contributed by atoms with van der Waals surface area (Å²) in [7, 11) is 2.03. The van der Waals surface area contributed by atoms with Crippen LogP contribution in [0.3, 0.4) is 0 Å². The van der Waals surface area contributed by atoms with Crippen molar-refractivity contribution in [1.29, 1.82) is 0 Å². The number of ether oxygens (including phenoxy) is 3. The van der Waals surface area contributed by atoms with E-state index in [4.69, 9.17) is 14.2 Å².